The van der Waals surface area contributed by atoms with Crippen LogP contribution in [0.2, 0.25) is 0 Å². The van der Waals surface area contributed by atoms with E-state index in [1.54, 1.807) is 4.90 Å². The highest BCUT2D eigenvalue weighted by Crippen LogP contribution is 2.32. The molecule has 0 radical (unpaired) electrons. The van der Waals surface area contributed by atoms with E-state index in [0.29, 0.717) is 26.0 Å². The molecule has 2 aromatic carbocycles. The van der Waals surface area contributed by atoms with Crippen LogP contribution in [0.1, 0.15) is 18.4 Å². The third kappa shape index (κ3) is 4.19. The van der Waals surface area contributed by atoms with E-state index < -0.39 is 0 Å². The molecular weight excluding hydrogens is 306 g/mol. The quantitative estimate of drug-likeness (QED) is 0.733. The predicted molar refractivity (Wildman–Crippen MR) is 90.2 cm³/mol. The van der Waals surface area contributed by atoms with E-state index in [1.807, 2.05) is 55.6 Å². The maximum atomic E-state index is 12.2. The Hall–Kier alpha value is -2.69. The van der Waals surface area contributed by atoms with Crippen LogP contribution in [-0.2, 0) is 11.3 Å². The standard InChI is InChI=1S/C19H21NO4/c1-20(13-15-9-10-17-18(12-15)24-14-23-17)19(21)8-5-11-22-16-6-3-2-4-7-16/h2-4,6-7,9-10,12H,5,8,11,13-14H2,1H3. The van der Waals surface area contributed by atoms with Gasteiger partial charge in [-0.3, -0.25) is 4.79 Å². The predicted octanol–water partition coefficient (Wildman–Crippen LogP) is 3.23. The molecule has 0 spiro atoms. The molecule has 1 aliphatic rings. The summed E-state index contributed by atoms with van der Waals surface area (Å²) < 4.78 is 16.3. The minimum Gasteiger partial charge on any atom is -0.494 e. The first-order valence-corrected chi connectivity index (χ1v) is 8.03. The molecule has 0 bridgehead atoms. The van der Waals surface area contributed by atoms with Crippen LogP contribution in [0.15, 0.2) is 48.5 Å². The Morgan fingerprint density at radius 1 is 1.12 bits per heavy atom. The molecule has 5 heteroatoms. The highest BCUT2D eigenvalue weighted by Gasteiger charge is 2.15. The Kier molecular flexibility index (Phi) is 5.21. The van der Waals surface area contributed by atoms with Crippen molar-refractivity contribution in [1.82, 2.24) is 4.90 Å². The maximum absolute atomic E-state index is 12.2. The summed E-state index contributed by atoms with van der Waals surface area (Å²) in [5.41, 5.74) is 1.02. The van der Waals surface area contributed by atoms with E-state index in [1.165, 1.54) is 0 Å². The second kappa shape index (κ2) is 7.73. The molecule has 1 aliphatic heterocycles. The summed E-state index contributed by atoms with van der Waals surface area (Å²) in [6, 6.07) is 15.4. The summed E-state index contributed by atoms with van der Waals surface area (Å²) in [7, 11) is 1.81. The highest BCUT2D eigenvalue weighted by molar-refractivity contribution is 5.75. The lowest BCUT2D eigenvalue weighted by Gasteiger charge is -2.17. The summed E-state index contributed by atoms with van der Waals surface area (Å²) in [6.45, 7) is 1.34. The van der Waals surface area contributed by atoms with Crippen LogP contribution in [0.5, 0.6) is 17.2 Å². The van der Waals surface area contributed by atoms with Crippen molar-refractivity contribution in [2.45, 2.75) is 19.4 Å². The van der Waals surface area contributed by atoms with Gasteiger partial charge >= 0.3 is 0 Å². The van der Waals surface area contributed by atoms with E-state index in [2.05, 4.69) is 0 Å². The number of nitrogens with zero attached hydrogens (tertiary/aromatic N) is 1. The number of hydrogen-bond acceptors (Lipinski definition) is 4. The molecule has 0 aliphatic carbocycles. The lowest BCUT2D eigenvalue weighted by atomic mass is 10.2. The SMILES string of the molecule is CN(Cc1ccc2c(c1)OCO2)C(=O)CCCOc1ccccc1. The summed E-state index contributed by atoms with van der Waals surface area (Å²) in [5.74, 6) is 2.43. The molecule has 126 valence electrons. The van der Waals surface area contributed by atoms with E-state index in [4.69, 9.17) is 14.2 Å². The van der Waals surface area contributed by atoms with Gasteiger partial charge in [0.05, 0.1) is 6.61 Å². The lowest BCUT2D eigenvalue weighted by Crippen LogP contribution is -2.26. The number of fused-ring (bicyclic) bond motifs is 1. The van der Waals surface area contributed by atoms with Gasteiger partial charge in [-0.05, 0) is 36.2 Å². The van der Waals surface area contributed by atoms with Crippen molar-refractivity contribution in [3.63, 3.8) is 0 Å². The summed E-state index contributed by atoms with van der Waals surface area (Å²) in [5, 5.41) is 0. The minimum atomic E-state index is 0.101. The average Bonchev–Trinajstić information content (AvgIpc) is 3.07. The van der Waals surface area contributed by atoms with Gasteiger partial charge in [-0.25, -0.2) is 0 Å². The first-order chi connectivity index (χ1) is 11.7. The summed E-state index contributed by atoms with van der Waals surface area (Å²) >= 11 is 0. The number of amides is 1. The third-order valence-corrected chi connectivity index (χ3v) is 3.83. The van der Waals surface area contributed by atoms with Crippen molar-refractivity contribution in [2.24, 2.45) is 0 Å². The number of ether oxygens (including phenoxy) is 3. The normalized spacial score (nSPS) is 12.0. The molecule has 0 fully saturated rings. The van der Waals surface area contributed by atoms with Crippen LogP contribution in [-0.4, -0.2) is 31.3 Å². The second-order valence-corrected chi connectivity index (χ2v) is 5.70. The molecule has 0 saturated carbocycles. The van der Waals surface area contributed by atoms with Crippen LogP contribution < -0.4 is 14.2 Å². The van der Waals surface area contributed by atoms with Crippen molar-refractivity contribution in [1.29, 1.82) is 0 Å². The zero-order chi connectivity index (χ0) is 16.8. The molecule has 3 rings (SSSR count). The Morgan fingerprint density at radius 3 is 2.75 bits per heavy atom. The van der Waals surface area contributed by atoms with Crippen LogP contribution in [0.25, 0.3) is 0 Å². The van der Waals surface area contributed by atoms with Crippen molar-refractivity contribution < 1.29 is 19.0 Å². The molecule has 24 heavy (non-hydrogen) atoms. The number of carbonyl (C=O) groups is 1. The number of rotatable bonds is 7. The van der Waals surface area contributed by atoms with Crippen molar-refractivity contribution in [3.05, 3.63) is 54.1 Å². The smallest absolute Gasteiger partial charge is 0.231 e. The van der Waals surface area contributed by atoms with Gasteiger partial charge in [0.1, 0.15) is 5.75 Å². The van der Waals surface area contributed by atoms with Gasteiger partial charge in [-0.15, -0.1) is 0 Å². The van der Waals surface area contributed by atoms with Gasteiger partial charge in [0, 0.05) is 20.0 Å². The zero-order valence-corrected chi connectivity index (χ0v) is 13.7. The second-order valence-electron chi connectivity index (χ2n) is 5.70. The molecule has 5 nitrogen and oxygen atoms in total. The topological polar surface area (TPSA) is 48.0 Å². The summed E-state index contributed by atoms with van der Waals surface area (Å²) in [4.78, 5) is 13.9. The Balaban J connectivity index is 1.41. The molecular formula is C19H21NO4. The molecule has 1 amide bonds. The highest BCUT2D eigenvalue weighted by atomic mass is 16.7. The van der Waals surface area contributed by atoms with Gasteiger partial charge in [-0.2, -0.15) is 0 Å². The fraction of sp³-hybridized carbons (Fsp3) is 0.316. The zero-order valence-electron chi connectivity index (χ0n) is 13.7. The van der Waals surface area contributed by atoms with Gasteiger partial charge in [-0.1, -0.05) is 24.3 Å². The number of para-hydroxylation sites is 1. The van der Waals surface area contributed by atoms with Crippen molar-refractivity contribution in [2.75, 3.05) is 20.4 Å². The molecule has 0 unspecified atom stereocenters. The van der Waals surface area contributed by atoms with E-state index in [9.17, 15) is 4.79 Å². The molecule has 0 atom stereocenters. The van der Waals surface area contributed by atoms with Crippen molar-refractivity contribution >= 4 is 5.91 Å². The third-order valence-electron chi connectivity index (χ3n) is 3.83. The van der Waals surface area contributed by atoms with Crippen molar-refractivity contribution in [3.8, 4) is 17.2 Å². The largest absolute Gasteiger partial charge is 0.494 e. The molecule has 1 heterocycles. The van der Waals surface area contributed by atoms with E-state index in [0.717, 1.165) is 22.8 Å². The fourth-order valence-corrected chi connectivity index (χ4v) is 2.52. The Bertz CT molecular complexity index is 687. The molecule has 0 aromatic heterocycles. The first-order valence-electron chi connectivity index (χ1n) is 8.03. The van der Waals surface area contributed by atoms with Crippen LogP contribution in [0, 0.1) is 0 Å². The van der Waals surface area contributed by atoms with Gasteiger partial charge in [0.25, 0.3) is 0 Å². The Labute approximate surface area is 141 Å². The van der Waals surface area contributed by atoms with E-state index >= 15 is 0 Å². The van der Waals surface area contributed by atoms with Crippen LogP contribution in [0.4, 0.5) is 0 Å². The Morgan fingerprint density at radius 2 is 1.92 bits per heavy atom. The number of carbonyl (C=O) groups excluding carboxylic acids is 1. The van der Waals surface area contributed by atoms with Gasteiger partial charge in [0.15, 0.2) is 11.5 Å². The minimum absolute atomic E-state index is 0.101. The molecule has 0 N–H and O–H groups in total. The van der Waals surface area contributed by atoms with E-state index in [-0.39, 0.29) is 12.7 Å². The van der Waals surface area contributed by atoms with Crippen LogP contribution >= 0.6 is 0 Å². The molecule has 0 saturated heterocycles. The van der Waals surface area contributed by atoms with Gasteiger partial charge < -0.3 is 19.1 Å². The number of hydrogen-bond donors (Lipinski definition) is 0. The first kappa shape index (κ1) is 16.2. The monoisotopic (exact) mass is 327 g/mol. The van der Waals surface area contributed by atoms with Gasteiger partial charge in [0.2, 0.25) is 12.7 Å². The summed E-state index contributed by atoms with van der Waals surface area (Å²) in [6.07, 6.45) is 1.16. The average molecular weight is 327 g/mol. The lowest BCUT2D eigenvalue weighted by molar-refractivity contribution is -0.130. The maximum Gasteiger partial charge on any atom is 0.231 e. The van der Waals surface area contributed by atoms with Crippen LogP contribution in [0.3, 0.4) is 0 Å². The number of benzene rings is 2. The molecule has 2 aromatic rings. The fourth-order valence-electron chi connectivity index (χ4n) is 2.52.